The lowest BCUT2D eigenvalue weighted by atomic mass is 10.0. The molecule has 20 heavy (non-hydrogen) atoms. The number of anilines is 1. The van der Waals surface area contributed by atoms with Gasteiger partial charge in [-0.15, -0.1) is 0 Å². The highest BCUT2D eigenvalue weighted by atomic mass is 16.5. The third kappa shape index (κ3) is 2.64. The molecule has 0 bridgehead atoms. The number of aromatic nitrogens is 2. The molecule has 3 rings (SSSR count). The average Bonchev–Trinajstić information content (AvgIpc) is 2.78. The summed E-state index contributed by atoms with van der Waals surface area (Å²) in [5, 5.41) is 3.51. The van der Waals surface area contributed by atoms with Gasteiger partial charge in [0.1, 0.15) is 5.75 Å². The molecule has 1 aromatic heterocycles. The van der Waals surface area contributed by atoms with Crippen molar-refractivity contribution in [2.75, 3.05) is 5.32 Å². The highest BCUT2D eigenvalue weighted by Crippen LogP contribution is 2.29. The van der Waals surface area contributed by atoms with E-state index in [2.05, 4.69) is 33.2 Å². The molecule has 1 N–H and O–H groups in total. The van der Waals surface area contributed by atoms with Gasteiger partial charge in [-0.2, -0.15) is 0 Å². The zero-order chi connectivity index (χ0) is 14.1. The summed E-state index contributed by atoms with van der Waals surface area (Å²) >= 11 is 0. The Bertz CT molecular complexity index is 586. The van der Waals surface area contributed by atoms with Crippen LogP contribution in [0, 0.1) is 6.92 Å². The number of hydrogen-bond donors (Lipinski definition) is 1. The molecule has 2 aromatic rings. The maximum Gasteiger partial charge on any atom is 0.203 e. The third-order valence-electron chi connectivity index (χ3n) is 3.51. The Kier molecular flexibility index (Phi) is 3.38. The van der Waals surface area contributed by atoms with Crippen molar-refractivity contribution in [3.8, 4) is 5.75 Å². The largest absolute Gasteiger partial charge is 0.491 e. The van der Waals surface area contributed by atoms with Crippen LogP contribution in [0.2, 0.25) is 0 Å². The van der Waals surface area contributed by atoms with Crippen LogP contribution < -0.4 is 10.1 Å². The van der Waals surface area contributed by atoms with Gasteiger partial charge in [0.25, 0.3) is 0 Å². The van der Waals surface area contributed by atoms with Crippen LogP contribution in [0.1, 0.15) is 37.6 Å². The molecule has 0 amide bonds. The van der Waals surface area contributed by atoms with Crippen LogP contribution in [-0.4, -0.2) is 15.7 Å². The van der Waals surface area contributed by atoms with E-state index >= 15 is 0 Å². The lowest BCUT2D eigenvalue weighted by molar-refractivity contribution is 0.242. The molecule has 1 aliphatic rings. The van der Waals surface area contributed by atoms with Crippen LogP contribution in [0.4, 0.5) is 5.95 Å². The molecular formula is C16H21N3O. The number of benzene rings is 1. The number of fused-ring (bicyclic) bond motifs is 1. The number of nitrogens with zero attached hydrogens (tertiary/aromatic N) is 2. The highest BCUT2D eigenvalue weighted by molar-refractivity contribution is 5.38. The molecule has 4 nitrogen and oxygen atoms in total. The zero-order valence-corrected chi connectivity index (χ0v) is 12.3. The predicted octanol–water partition coefficient (Wildman–Crippen LogP) is 3.54. The Balaban J connectivity index is 1.74. The minimum atomic E-state index is 0.212. The Morgan fingerprint density at radius 2 is 2.05 bits per heavy atom. The third-order valence-corrected chi connectivity index (χ3v) is 3.51. The molecule has 0 spiro atoms. The van der Waals surface area contributed by atoms with Gasteiger partial charge in [-0.1, -0.05) is 12.1 Å². The number of ether oxygens (including phenoxy) is 1. The average molecular weight is 271 g/mol. The molecule has 0 aliphatic carbocycles. The summed E-state index contributed by atoms with van der Waals surface area (Å²) in [4.78, 5) is 4.51. The van der Waals surface area contributed by atoms with Gasteiger partial charge in [-0.05, 0) is 44.9 Å². The highest BCUT2D eigenvalue weighted by Gasteiger charge is 2.20. The van der Waals surface area contributed by atoms with Crippen molar-refractivity contribution in [1.29, 1.82) is 0 Å². The fourth-order valence-corrected chi connectivity index (χ4v) is 2.63. The fraction of sp³-hybridized carbons (Fsp3) is 0.438. The quantitative estimate of drug-likeness (QED) is 0.928. The smallest absolute Gasteiger partial charge is 0.203 e. The minimum absolute atomic E-state index is 0.212. The van der Waals surface area contributed by atoms with Crippen molar-refractivity contribution < 1.29 is 4.74 Å². The van der Waals surface area contributed by atoms with Crippen molar-refractivity contribution in [1.82, 2.24) is 9.55 Å². The molecule has 0 saturated heterocycles. The summed E-state index contributed by atoms with van der Waals surface area (Å²) in [6.45, 7) is 7.12. The summed E-state index contributed by atoms with van der Waals surface area (Å²) in [6.07, 6.45) is 3.38. The van der Waals surface area contributed by atoms with Crippen LogP contribution in [-0.2, 0) is 6.54 Å². The second kappa shape index (κ2) is 5.19. The summed E-state index contributed by atoms with van der Waals surface area (Å²) in [6, 6.07) is 8.70. The van der Waals surface area contributed by atoms with Crippen LogP contribution in [0.15, 0.2) is 30.5 Å². The summed E-state index contributed by atoms with van der Waals surface area (Å²) in [5.41, 5.74) is 2.35. The molecule has 1 unspecified atom stereocenters. The van der Waals surface area contributed by atoms with E-state index in [1.807, 2.05) is 32.9 Å². The maximum atomic E-state index is 5.68. The Hall–Kier alpha value is -1.97. The molecule has 1 aliphatic heterocycles. The van der Waals surface area contributed by atoms with Gasteiger partial charge in [0.05, 0.1) is 17.8 Å². The first kappa shape index (κ1) is 13.0. The molecule has 0 saturated carbocycles. The minimum Gasteiger partial charge on any atom is -0.491 e. The van der Waals surface area contributed by atoms with Crippen molar-refractivity contribution in [3.05, 3.63) is 41.7 Å². The first-order valence-electron chi connectivity index (χ1n) is 7.19. The van der Waals surface area contributed by atoms with E-state index in [9.17, 15) is 0 Å². The Labute approximate surface area is 119 Å². The van der Waals surface area contributed by atoms with E-state index in [0.29, 0.717) is 6.04 Å². The van der Waals surface area contributed by atoms with Gasteiger partial charge in [-0.3, -0.25) is 0 Å². The van der Waals surface area contributed by atoms with Crippen LogP contribution in [0.3, 0.4) is 0 Å². The van der Waals surface area contributed by atoms with Crippen molar-refractivity contribution in [2.45, 2.75) is 45.9 Å². The van der Waals surface area contributed by atoms with Crippen LogP contribution >= 0.6 is 0 Å². The summed E-state index contributed by atoms with van der Waals surface area (Å²) < 4.78 is 7.86. The second-order valence-electron chi connectivity index (χ2n) is 5.62. The van der Waals surface area contributed by atoms with Gasteiger partial charge in [0.15, 0.2) is 0 Å². The Morgan fingerprint density at radius 3 is 2.75 bits per heavy atom. The predicted molar refractivity (Wildman–Crippen MR) is 80.2 cm³/mol. The molecule has 0 radical (unpaired) electrons. The standard InChI is InChI=1S/C16H21N3O/c1-11(2)20-14-6-4-13(5-7-14)15-8-9-19-10-12(3)17-16(19)18-15/h4-7,10-11,15H,8-9H2,1-3H3,(H,17,18). The molecule has 106 valence electrons. The SMILES string of the molecule is Cc1cn2c(n1)NC(c1ccc(OC(C)C)cc1)CC2. The van der Waals surface area contributed by atoms with E-state index in [4.69, 9.17) is 4.74 Å². The number of nitrogens with one attached hydrogen (secondary N) is 1. The number of imidazole rings is 1. The first-order chi connectivity index (χ1) is 9.61. The lowest BCUT2D eigenvalue weighted by Gasteiger charge is -2.26. The normalized spacial score (nSPS) is 17.7. The van der Waals surface area contributed by atoms with Gasteiger partial charge in [0.2, 0.25) is 5.95 Å². The van der Waals surface area contributed by atoms with E-state index in [-0.39, 0.29) is 6.10 Å². The summed E-state index contributed by atoms with van der Waals surface area (Å²) in [5.74, 6) is 1.90. The molecule has 2 heterocycles. The Morgan fingerprint density at radius 1 is 1.30 bits per heavy atom. The lowest BCUT2D eigenvalue weighted by Crippen LogP contribution is -2.21. The number of hydrogen-bond acceptors (Lipinski definition) is 3. The van der Waals surface area contributed by atoms with E-state index in [1.165, 1.54) is 5.56 Å². The van der Waals surface area contributed by atoms with Gasteiger partial charge < -0.3 is 14.6 Å². The van der Waals surface area contributed by atoms with Gasteiger partial charge >= 0.3 is 0 Å². The van der Waals surface area contributed by atoms with Crippen molar-refractivity contribution in [3.63, 3.8) is 0 Å². The van der Waals surface area contributed by atoms with E-state index in [0.717, 1.165) is 30.4 Å². The summed E-state index contributed by atoms with van der Waals surface area (Å²) in [7, 11) is 0. The molecule has 0 fully saturated rings. The second-order valence-corrected chi connectivity index (χ2v) is 5.62. The van der Waals surface area contributed by atoms with Gasteiger partial charge in [-0.25, -0.2) is 4.98 Å². The molecule has 1 atom stereocenters. The monoisotopic (exact) mass is 271 g/mol. The first-order valence-corrected chi connectivity index (χ1v) is 7.19. The fourth-order valence-electron chi connectivity index (χ4n) is 2.63. The number of aryl methyl sites for hydroxylation is 2. The van der Waals surface area contributed by atoms with Crippen LogP contribution in [0.5, 0.6) is 5.75 Å². The maximum absolute atomic E-state index is 5.68. The molecule has 1 aromatic carbocycles. The van der Waals surface area contributed by atoms with Gasteiger partial charge in [0, 0.05) is 12.7 Å². The van der Waals surface area contributed by atoms with Crippen molar-refractivity contribution in [2.24, 2.45) is 0 Å². The zero-order valence-electron chi connectivity index (χ0n) is 12.3. The molecule has 4 heteroatoms. The van der Waals surface area contributed by atoms with E-state index in [1.54, 1.807) is 0 Å². The van der Waals surface area contributed by atoms with Crippen LogP contribution in [0.25, 0.3) is 0 Å². The topological polar surface area (TPSA) is 39.1 Å². The molecular weight excluding hydrogens is 250 g/mol. The van der Waals surface area contributed by atoms with Crippen molar-refractivity contribution >= 4 is 5.95 Å². The number of rotatable bonds is 3. The van der Waals surface area contributed by atoms with E-state index < -0.39 is 0 Å².